The number of ether oxygens (including phenoxy) is 1. The average Bonchev–Trinajstić information content (AvgIpc) is 2.94. The molecule has 1 saturated heterocycles. The van der Waals surface area contributed by atoms with E-state index in [9.17, 15) is 18.0 Å². The van der Waals surface area contributed by atoms with E-state index in [1.165, 1.54) is 11.6 Å². The zero-order valence-corrected chi connectivity index (χ0v) is 16.4. The lowest BCUT2D eigenvalue weighted by molar-refractivity contribution is -0.138. The highest BCUT2D eigenvalue weighted by molar-refractivity contribution is 5.78. The van der Waals surface area contributed by atoms with Crippen LogP contribution in [0.5, 0.6) is 5.75 Å². The number of carbonyl (C=O) groups is 1. The molecule has 0 atom stereocenters. The molecule has 1 aliphatic heterocycles. The fourth-order valence-electron chi connectivity index (χ4n) is 3.51. The minimum Gasteiger partial charge on any atom is -0.497 e. The lowest BCUT2D eigenvalue weighted by Gasteiger charge is -2.22. The first-order valence-corrected chi connectivity index (χ1v) is 9.64. The van der Waals surface area contributed by atoms with Gasteiger partial charge in [0.2, 0.25) is 5.91 Å². The fourth-order valence-corrected chi connectivity index (χ4v) is 3.51. The molecule has 0 saturated carbocycles. The first-order chi connectivity index (χ1) is 13.8. The molecule has 156 valence electrons. The van der Waals surface area contributed by atoms with Crippen LogP contribution in [-0.2, 0) is 23.9 Å². The maximum atomic E-state index is 12.9. The number of carbonyl (C=O) groups excluding carboxylic acids is 1. The molecule has 2 aromatic rings. The van der Waals surface area contributed by atoms with Gasteiger partial charge in [0.05, 0.1) is 19.1 Å². The summed E-state index contributed by atoms with van der Waals surface area (Å²) in [4.78, 5) is 16.7. The molecule has 1 aliphatic rings. The van der Waals surface area contributed by atoms with E-state index in [1.807, 2.05) is 24.3 Å². The smallest absolute Gasteiger partial charge is 0.416 e. The van der Waals surface area contributed by atoms with Gasteiger partial charge in [-0.1, -0.05) is 30.3 Å². The Morgan fingerprint density at radius 2 is 1.76 bits per heavy atom. The number of hydrogen-bond acceptors (Lipinski definition) is 3. The van der Waals surface area contributed by atoms with Crippen LogP contribution in [0.1, 0.15) is 23.1 Å². The summed E-state index contributed by atoms with van der Waals surface area (Å²) in [6.07, 6.45) is -3.57. The van der Waals surface area contributed by atoms with Gasteiger partial charge in [0.1, 0.15) is 5.75 Å². The minimum atomic E-state index is -4.40. The number of hydrogen-bond donors (Lipinski definition) is 0. The number of rotatable bonds is 5. The molecule has 7 heteroatoms. The minimum absolute atomic E-state index is 0.0115. The van der Waals surface area contributed by atoms with Crippen LogP contribution >= 0.6 is 0 Å². The van der Waals surface area contributed by atoms with Crippen LogP contribution in [0.4, 0.5) is 13.2 Å². The van der Waals surface area contributed by atoms with Gasteiger partial charge < -0.3 is 9.64 Å². The van der Waals surface area contributed by atoms with Gasteiger partial charge >= 0.3 is 6.18 Å². The fraction of sp³-hybridized carbons (Fsp3) is 0.409. The Balaban J connectivity index is 1.55. The molecule has 4 nitrogen and oxygen atoms in total. The molecule has 1 amide bonds. The van der Waals surface area contributed by atoms with E-state index < -0.39 is 11.7 Å². The summed E-state index contributed by atoms with van der Waals surface area (Å²) in [5.74, 6) is 0.687. The molecule has 1 heterocycles. The molecule has 1 fully saturated rings. The van der Waals surface area contributed by atoms with Crippen LogP contribution in [0, 0.1) is 0 Å². The summed E-state index contributed by atoms with van der Waals surface area (Å²) < 4.78 is 43.8. The Morgan fingerprint density at radius 3 is 2.45 bits per heavy atom. The SMILES string of the molecule is COc1ccc(CN2CCCN(C(=O)Cc3cccc(C(F)(F)F)c3)CC2)cc1. The van der Waals surface area contributed by atoms with Gasteiger partial charge in [0.25, 0.3) is 0 Å². The molecule has 0 spiro atoms. The second-order valence-corrected chi connectivity index (χ2v) is 7.23. The third-order valence-corrected chi connectivity index (χ3v) is 5.12. The van der Waals surface area contributed by atoms with E-state index in [4.69, 9.17) is 4.74 Å². The summed E-state index contributed by atoms with van der Waals surface area (Å²) in [5.41, 5.74) is 0.850. The largest absolute Gasteiger partial charge is 0.497 e. The Kier molecular flexibility index (Phi) is 6.79. The Hall–Kier alpha value is -2.54. The van der Waals surface area contributed by atoms with E-state index in [1.54, 1.807) is 18.1 Å². The van der Waals surface area contributed by atoms with Gasteiger partial charge in [-0.15, -0.1) is 0 Å². The third-order valence-electron chi connectivity index (χ3n) is 5.12. The average molecular weight is 406 g/mol. The topological polar surface area (TPSA) is 32.8 Å². The second kappa shape index (κ2) is 9.31. The zero-order valence-electron chi connectivity index (χ0n) is 16.4. The normalized spacial score (nSPS) is 15.8. The van der Waals surface area contributed by atoms with Crippen molar-refractivity contribution in [1.29, 1.82) is 0 Å². The van der Waals surface area contributed by atoms with Crippen molar-refractivity contribution in [1.82, 2.24) is 9.80 Å². The molecular weight excluding hydrogens is 381 g/mol. The van der Waals surface area contributed by atoms with Crippen molar-refractivity contribution in [3.05, 3.63) is 65.2 Å². The second-order valence-electron chi connectivity index (χ2n) is 7.23. The molecule has 2 aromatic carbocycles. The molecule has 29 heavy (non-hydrogen) atoms. The molecule has 0 aliphatic carbocycles. The van der Waals surface area contributed by atoms with Crippen molar-refractivity contribution in [2.45, 2.75) is 25.6 Å². The number of nitrogens with zero attached hydrogens (tertiary/aromatic N) is 2. The number of amides is 1. The molecule has 0 bridgehead atoms. The van der Waals surface area contributed by atoms with Gasteiger partial charge in [0.15, 0.2) is 0 Å². The lowest BCUT2D eigenvalue weighted by atomic mass is 10.1. The molecule has 3 rings (SSSR count). The Morgan fingerprint density at radius 1 is 1.00 bits per heavy atom. The van der Waals surface area contributed by atoms with Crippen LogP contribution in [0.3, 0.4) is 0 Å². The van der Waals surface area contributed by atoms with Crippen molar-refractivity contribution in [2.24, 2.45) is 0 Å². The van der Waals surface area contributed by atoms with Crippen molar-refractivity contribution in [2.75, 3.05) is 33.3 Å². The first kappa shape index (κ1) is 21.2. The number of benzene rings is 2. The van der Waals surface area contributed by atoms with Gasteiger partial charge in [-0.2, -0.15) is 13.2 Å². The molecule has 0 radical (unpaired) electrons. The van der Waals surface area contributed by atoms with Crippen molar-refractivity contribution in [3.8, 4) is 5.75 Å². The number of methoxy groups -OCH3 is 1. The lowest BCUT2D eigenvalue weighted by Crippen LogP contribution is -2.36. The van der Waals surface area contributed by atoms with Gasteiger partial charge in [0, 0.05) is 32.7 Å². The maximum Gasteiger partial charge on any atom is 0.416 e. The van der Waals surface area contributed by atoms with Crippen molar-refractivity contribution >= 4 is 5.91 Å². The highest BCUT2D eigenvalue weighted by Crippen LogP contribution is 2.29. The Labute approximate surface area is 168 Å². The third kappa shape index (κ3) is 5.97. The van der Waals surface area contributed by atoms with E-state index in [0.717, 1.165) is 43.9 Å². The molecule has 0 N–H and O–H groups in total. The first-order valence-electron chi connectivity index (χ1n) is 9.64. The summed E-state index contributed by atoms with van der Waals surface area (Å²) in [6.45, 7) is 3.60. The summed E-state index contributed by atoms with van der Waals surface area (Å²) in [6, 6.07) is 12.9. The van der Waals surface area contributed by atoms with Crippen LogP contribution in [0.15, 0.2) is 48.5 Å². The summed E-state index contributed by atoms with van der Waals surface area (Å²) in [7, 11) is 1.63. The number of halogens is 3. The molecular formula is C22H25F3N2O2. The Bertz CT molecular complexity index is 822. The van der Waals surface area contributed by atoms with E-state index in [0.29, 0.717) is 18.7 Å². The van der Waals surface area contributed by atoms with E-state index in [2.05, 4.69) is 4.90 Å². The summed E-state index contributed by atoms with van der Waals surface area (Å²) in [5, 5.41) is 0. The maximum absolute atomic E-state index is 12.9. The molecule has 0 unspecified atom stereocenters. The van der Waals surface area contributed by atoms with Gasteiger partial charge in [-0.3, -0.25) is 9.69 Å². The highest BCUT2D eigenvalue weighted by Gasteiger charge is 2.30. The van der Waals surface area contributed by atoms with Crippen molar-refractivity contribution < 1.29 is 22.7 Å². The van der Waals surface area contributed by atoms with Crippen LogP contribution < -0.4 is 4.74 Å². The predicted molar refractivity (Wildman–Crippen MR) is 105 cm³/mol. The van der Waals surface area contributed by atoms with Crippen LogP contribution in [0.2, 0.25) is 0 Å². The predicted octanol–water partition coefficient (Wildman–Crippen LogP) is 3.99. The standard InChI is InChI=1S/C22H25F3N2O2/c1-29-20-8-6-17(7-9-20)16-26-10-3-11-27(13-12-26)21(28)15-18-4-2-5-19(14-18)22(23,24)25/h2,4-9,14H,3,10-13,15-16H2,1H3. The monoisotopic (exact) mass is 406 g/mol. The van der Waals surface area contributed by atoms with E-state index in [-0.39, 0.29) is 12.3 Å². The van der Waals surface area contributed by atoms with Crippen molar-refractivity contribution in [3.63, 3.8) is 0 Å². The van der Waals surface area contributed by atoms with Gasteiger partial charge in [-0.05, 0) is 35.7 Å². The molecule has 0 aromatic heterocycles. The van der Waals surface area contributed by atoms with Crippen LogP contribution in [-0.4, -0.2) is 49.0 Å². The quantitative estimate of drug-likeness (QED) is 0.753. The van der Waals surface area contributed by atoms with Gasteiger partial charge in [-0.25, -0.2) is 0 Å². The highest BCUT2D eigenvalue weighted by atomic mass is 19.4. The zero-order chi connectivity index (χ0) is 20.9. The summed E-state index contributed by atoms with van der Waals surface area (Å²) >= 11 is 0. The van der Waals surface area contributed by atoms with Crippen LogP contribution in [0.25, 0.3) is 0 Å². The number of alkyl halides is 3. The van der Waals surface area contributed by atoms with E-state index >= 15 is 0 Å².